The molecule has 3 aromatic heterocycles. The lowest BCUT2D eigenvalue weighted by Gasteiger charge is -2.05. The van der Waals surface area contributed by atoms with Gasteiger partial charge in [0, 0.05) is 12.6 Å². The lowest BCUT2D eigenvalue weighted by atomic mass is 10.0. The zero-order chi connectivity index (χ0) is 23.1. The number of nitrogens with zero attached hydrogens (tertiary/aromatic N) is 4. The van der Waals surface area contributed by atoms with Gasteiger partial charge in [0.25, 0.3) is 6.01 Å². The standard InChI is InChI=1S/C16H14FN5O.C6H12.C2H7N/c1-8-4-12(21-22-7-9(2)19-15(8)22)10-5-11(17)14-13(6-10)23-16(18-3)20-14;1-2-4-6-5-3-1;1-3-2/h4-7H,1-3H3,(H,18,20);1-6H2;3H,1-2H3. The van der Waals surface area contributed by atoms with Gasteiger partial charge in [-0.15, -0.1) is 0 Å². The second kappa shape index (κ2) is 11.0. The van der Waals surface area contributed by atoms with Gasteiger partial charge in [0.15, 0.2) is 17.0 Å². The van der Waals surface area contributed by atoms with E-state index in [0.717, 1.165) is 16.9 Å². The molecule has 0 saturated heterocycles. The Balaban J connectivity index is 0.000000271. The fourth-order valence-corrected chi connectivity index (χ4v) is 3.69. The maximum absolute atomic E-state index is 14.3. The molecule has 2 N–H and O–H groups in total. The molecule has 0 radical (unpaired) electrons. The van der Waals surface area contributed by atoms with Crippen LogP contribution in [-0.2, 0) is 0 Å². The number of rotatable bonds is 2. The Kier molecular flexibility index (Phi) is 8.16. The summed E-state index contributed by atoms with van der Waals surface area (Å²) in [6, 6.07) is 5.32. The highest BCUT2D eigenvalue weighted by molar-refractivity contribution is 5.81. The van der Waals surface area contributed by atoms with Crippen molar-refractivity contribution in [1.82, 2.24) is 24.9 Å². The number of aryl methyl sites for hydroxylation is 2. The number of hydrogen-bond donors (Lipinski definition) is 2. The van der Waals surface area contributed by atoms with Crippen molar-refractivity contribution in [2.45, 2.75) is 52.4 Å². The van der Waals surface area contributed by atoms with Gasteiger partial charge in [0.1, 0.15) is 5.52 Å². The van der Waals surface area contributed by atoms with Crippen molar-refractivity contribution in [1.29, 1.82) is 0 Å². The van der Waals surface area contributed by atoms with Crippen LogP contribution in [0.5, 0.6) is 0 Å². The Labute approximate surface area is 188 Å². The second-order valence-corrected chi connectivity index (χ2v) is 8.06. The number of fused-ring (bicyclic) bond motifs is 2. The van der Waals surface area contributed by atoms with Crippen molar-refractivity contribution >= 4 is 22.8 Å². The molecule has 0 atom stereocenters. The Morgan fingerprint density at radius 2 is 1.56 bits per heavy atom. The molecule has 1 fully saturated rings. The van der Waals surface area contributed by atoms with Gasteiger partial charge >= 0.3 is 0 Å². The predicted octanol–water partition coefficient (Wildman–Crippen LogP) is 5.51. The van der Waals surface area contributed by atoms with Gasteiger partial charge in [0.05, 0.1) is 17.6 Å². The van der Waals surface area contributed by atoms with Crippen LogP contribution in [0, 0.1) is 19.7 Å². The van der Waals surface area contributed by atoms with Crippen LogP contribution in [0.15, 0.2) is 28.8 Å². The topological polar surface area (TPSA) is 80.3 Å². The summed E-state index contributed by atoms with van der Waals surface area (Å²) in [4.78, 5) is 8.47. The fraction of sp³-hybridized carbons (Fsp3) is 0.458. The monoisotopic (exact) mass is 440 g/mol. The quantitative estimate of drug-likeness (QED) is 0.428. The van der Waals surface area contributed by atoms with Crippen LogP contribution in [-0.4, -0.2) is 40.7 Å². The van der Waals surface area contributed by atoms with E-state index in [2.05, 4.69) is 25.7 Å². The summed E-state index contributed by atoms with van der Waals surface area (Å²) >= 11 is 0. The first kappa shape index (κ1) is 23.7. The SMILES string of the molecule is C1CCCCC1.CNC.CNc1nc2c(F)cc(-c3cc(C)c4nc(C)cn4n3)cc2o1. The first-order chi connectivity index (χ1) is 15.5. The summed E-state index contributed by atoms with van der Waals surface area (Å²) in [6.07, 6.45) is 10.8. The zero-order valence-corrected chi connectivity index (χ0v) is 19.6. The number of oxazole rings is 1. The van der Waals surface area contributed by atoms with Gasteiger partial charge in [-0.1, -0.05) is 38.5 Å². The Hall–Kier alpha value is -3.00. The third-order valence-electron chi connectivity index (χ3n) is 5.19. The third-order valence-corrected chi connectivity index (χ3v) is 5.19. The number of imidazole rings is 1. The van der Waals surface area contributed by atoms with Gasteiger partial charge in [0.2, 0.25) is 0 Å². The third kappa shape index (κ3) is 5.62. The molecule has 4 aromatic rings. The number of anilines is 1. The molecule has 7 nitrogen and oxygen atoms in total. The van der Waals surface area contributed by atoms with E-state index in [0.29, 0.717) is 16.8 Å². The van der Waals surface area contributed by atoms with Crippen LogP contribution in [0.3, 0.4) is 0 Å². The van der Waals surface area contributed by atoms with E-state index in [-0.39, 0.29) is 11.5 Å². The average molecular weight is 441 g/mol. The molecule has 32 heavy (non-hydrogen) atoms. The largest absolute Gasteiger partial charge is 0.423 e. The van der Waals surface area contributed by atoms with Gasteiger partial charge in [-0.25, -0.2) is 13.9 Å². The van der Waals surface area contributed by atoms with Crippen LogP contribution in [0.4, 0.5) is 10.4 Å². The smallest absolute Gasteiger partial charge is 0.295 e. The first-order valence-corrected chi connectivity index (χ1v) is 11.2. The van der Waals surface area contributed by atoms with E-state index in [4.69, 9.17) is 4.42 Å². The molecule has 1 saturated carbocycles. The highest BCUT2D eigenvalue weighted by atomic mass is 19.1. The Morgan fingerprint density at radius 1 is 0.938 bits per heavy atom. The molecule has 3 heterocycles. The minimum atomic E-state index is -0.441. The van der Waals surface area contributed by atoms with E-state index in [1.165, 1.54) is 44.6 Å². The number of halogens is 1. The normalized spacial score (nSPS) is 13.3. The minimum absolute atomic E-state index is 0.203. The number of benzene rings is 1. The summed E-state index contributed by atoms with van der Waals surface area (Å²) in [7, 11) is 5.42. The minimum Gasteiger partial charge on any atom is -0.423 e. The van der Waals surface area contributed by atoms with Crippen LogP contribution >= 0.6 is 0 Å². The van der Waals surface area contributed by atoms with Gasteiger partial charge in [-0.3, -0.25) is 0 Å². The second-order valence-electron chi connectivity index (χ2n) is 8.06. The van der Waals surface area contributed by atoms with Gasteiger partial charge in [-0.05, 0) is 51.7 Å². The molecule has 0 unspecified atom stereocenters. The summed E-state index contributed by atoms with van der Waals surface area (Å²) < 4.78 is 21.5. The zero-order valence-electron chi connectivity index (χ0n) is 19.6. The molecule has 5 rings (SSSR count). The van der Waals surface area contributed by atoms with Crippen LogP contribution in [0.25, 0.3) is 28.0 Å². The van der Waals surface area contributed by atoms with Gasteiger partial charge in [-0.2, -0.15) is 10.1 Å². The van der Waals surface area contributed by atoms with Crippen molar-refractivity contribution in [2.75, 3.05) is 26.5 Å². The van der Waals surface area contributed by atoms with Crippen molar-refractivity contribution in [2.24, 2.45) is 0 Å². The van der Waals surface area contributed by atoms with E-state index in [9.17, 15) is 4.39 Å². The molecule has 1 aromatic carbocycles. The van der Waals surface area contributed by atoms with Crippen molar-refractivity contribution in [3.63, 3.8) is 0 Å². The number of hydrogen-bond acceptors (Lipinski definition) is 6. The lowest BCUT2D eigenvalue weighted by Crippen LogP contribution is -1.96. The Bertz CT molecular complexity index is 1150. The summed E-state index contributed by atoms with van der Waals surface area (Å²) in [5, 5.41) is 10.0. The van der Waals surface area contributed by atoms with E-state index in [1.807, 2.05) is 40.2 Å². The lowest BCUT2D eigenvalue weighted by molar-refractivity contribution is 0.504. The molecule has 8 heteroatoms. The maximum Gasteiger partial charge on any atom is 0.295 e. The molecular weight excluding hydrogens is 407 g/mol. The van der Waals surface area contributed by atoms with Crippen molar-refractivity contribution in [3.8, 4) is 11.3 Å². The van der Waals surface area contributed by atoms with E-state index < -0.39 is 5.82 Å². The maximum atomic E-state index is 14.3. The summed E-state index contributed by atoms with van der Waals surface area (Å²) in [5.41, 5.74) is 4.51. The number of nitrogens with one attached hydrogen (secondary N) is 2. The molecule has 1 aliphatic rings. The van der Waals surface area contributed by atoms with E-state index >= 15 is 0 Å². The molecule has 0 aliphatic heterocycles. The van der Waals surface area contributed by atoms with Crippen LogP contribution < -0.4 is 10.6 Å². The van der Waals surface area contributed by atoms with Gasteiger partial charge < -0.3 is 15.1 Å². The molecule has 0 bridgehead atoms. The highest BCUT2D eigenvalue weighted by Gasteiger charge is 2.14. The van der Waals surface area contributed by atoms with Crippen molar-refractivity contribution < 1.29 is 8.81 Å². The summed E-state index contributed by atoms with van der Waals surface area (Å²) in [6.45, 7) is 3.86. The molecular formula is C24H33FN6O. The molecule has 172 valence electrons. The molecule has 0 amide bonds. The average Bonchev–Trinajstić information content (AvgIpc) is 3.39. The number of aromatic nitrogens is 4. The van der Waals surface area contributed by atoms with E-state index in [1.54, 1.807) is 17.6 Å². The first-order valence-electron chi connectivity index (χ1n) is 11.2. The Morgan fingerprint density at radius 3 is 2.16 bits per heavy atom. The molecule has 0 spiro atoms. The highest BCUT2D eigenvalue weighted by Crippen LogP contribution is 2.28. The fourth-order valence-electron chi connectivity index (χ4n) is 3.69. The summed E-state index contributed by atoms with van der Waals surface area (Å²) in [5.74, 6) is -0.441. The van der Waals surface area contributed by atoms with Crippen LogP contribution in [0.2, 0.25) is 0 Å². The van der Waals surface area contributed by atoms with Crippen molar-refractivity contribution in [3.05, 3.63) is 41.5 Å². The predicted molar refractivity (Wildman–Crippen MR) is 128 cm³/mol. The van der Waals surface area contributed by atoms with Crippen LogP contribution in [0.1, 0.15) is 49.8 Å². The molecule has 1 aliphatic carbocycles.